The SMILES string of the molecule is COc1csc(CNCCNC2CC2)c1. The molecule has 1 aliphatic rings. The van der Waals surface area contributed by atoms with Gasteiger partial charge in [-0.1, -0.05) is 0 Å². The molecule has 15 heavy (non-hydrogen) atoms. The summed E-state index contributed by atoms with van der Waals surface area (Å²) in [7, 11) is 1.71. The lowest BCUT2D eigenvalue weighted by atomic mass is 10.4. The van der Waals surface area contributed by atoms with Crippen molar-refractivity contribution >= 4 is 11.3 Å². The van der Waals surface area contributed by atoms with Crippen LogP contribution in [-0.4, -0.2) is 26.2 Å². The second-order valence-corrected chi connectivity index (χ2v) is 4.85. The lowest BCUT2D eigenvalue weighted by molar-refractivity contribution is 0.416. The molecule has 0 radical (unpaired) electrons. The molecule has 2 N–H and O–H groups in total. The van der Waals surface area contributed by atoms with Crippen LogP contribution in [0.4, 0.5) is 0 Å². The minimum atomic E-state index is 0.814. The fraction of sp³-hybridized carbons (Fsp3) is 0.636. The van der Waals surface area contributed by atoms with E-state index in [1.165, 1.54) is 17.7 Å². The molecule has 0 spiro atoms. The van der Waals surface area contributed by atoms with Crippen molar-refractivity contribution in [3.8, 4) is 5.75 Å². The first-order valence-corrected chi connectivity index (χ1v) is 6.32. The molecule has 1 aliphatic carbocycles. The van der Waals surface area contributed by atoms with E-state index < -0.39 is 0 Å². The molecule has 2 rings (SSSR count). The van der Waals surface area contributed by atoms with E-state index in [2.05, 4.69) is 16.7 Å². The molecular formula is C11H18N2OS. The van der Waals surface area contributed by atoms with Crippen molar-refractivity contribution in [1.82, 2.24) is 10.6 Å². The Morgan fingerprint density at radius 3 is 3.00 bits per heavy atom. The monoisotopic (exact) mass is 226 g/mol. The van der Waals surface area contributed by atoms with E-state index in [9.17, 15) is 0 Å². The number of hydrogen-bond donors (Lipinski definition) is 2. The van der Waals surface area contributed by atoms with Crippen molar-refractivity contribution < 1.29 is 4.74 Å². The van der Waals surface area contributed by atoms with Crippen LogP contribution in [0.3, 0.4) is 0 Å². The van der Waals surface area contributed by atoms with Crippen LogP contribution in [0.2, 0.25) is 0 Å². The minimum Gasteiger partial charge on any atom is -0.496 e. The fourth-order valence-electron chi connectivity index (χ4n) is 1.42. The highest BCUT2D eigenvalue weighted by Gasteiger charge is 2.19. The quantitative estimate of drug-likeness (QED) is 0.693. The van der Waals surface area contributed by atoms with Crippen molar-refractivity contribution in [2.45, 2.75) is 25.4 Å². The summed E-state index contributed by atoms with van der Waals surface area (Å²) >= 11 is 1.74. The maximum Gasteiger partial charge on any atom is 0.129 e. The molecular weight excluding hydrogens is 208 g/mol. The average molecular weight is 226 g/mol. The Hall–Kier alpha value is -0.580. The molecule has 4 heteroatoms. The van der Waals surface area contributed by atoms with Crippen LogP contribution >= 0.6 is 11.3 Å². The Morgan fingerprint density at radius 2 is 2.33 bits per heavy atom. The maximum absolute atomic E-state index is 5.13. The largest absolute Gasteiger partial charge is 0.496 e. The summed E-state index contributed by atoms with van der Waals surface area (Å²) in [5, 5.41) is 8.93. The van der Waals surface area contributed by atoms with Crippen LogP contribution in [0.1, 0.15) is 17.7 Å². The second-order valence-electron chi connectivity index (χ2n) is 3.86. The molecule has 1 saturated carbocycles. The van der Waals surface area contributed by atoms with Crippen molar-refractivity contribution in [2.24, 2.45) is 0 Å². The van der Waals surface area contributed by atoms with Gasteiger partial charge in [-0.2, -0.15) is 0 Å². The predicted molar refractivity (Wildman–Crippen MR) is 63.6 cm³/mol. The standard InChI is InChI=1S/C11H18N2OS/c1-14-10-6-11(15-8-10)7-12-4-5-13-9-2-3-9/h6,8-9,12-13H,2-5,7H2,1H3. The number of ether oxygens (including phenoxy) is 1. The third-order valence-electron chi connectivity index (χ3n) is 2.48. The van der Waals surface area contributed by atoms with E-state index in [0.717, 1.165) is 31.4 Å². The highest BCUT2D eigenvalue weighted by Crippen LogP contribution is 2.20. The van der Waals surface area contributed by atoms with Crippen molar-refractivity contribution in [3.63, 3.8) is 0 Å². The Labute approximate surface area is 94.8 Å². The van der Waals surface area contributed by atoms with Gasteiger partial charge in [0.25, 0.3) is 0 Å². The van der Waals surface area contributed by atoms with Crippen LogP contribution in [0.15, 0.2) is 11.4 Å². The Morgan fingerprint density at radius 1 is 1.47 bits per heavy atom. The van der Waals surface area contributed by atoms with E-state index in [0.29, 0.717) is 0 Å². The van der Waals surface area contributed by atoms with E-state index in [1.807, 2.05) is 5.38 Å². The molecule has 0 saturated heterocycles. The number of nitrogens with one attached hydrogen (secondary N) is 2. The van der Waals surface area contributed by atoms with Gasteiger partial charge in [-0.25, -0.2) is 0 Å². The normalized spacial score (nSPS) is 15.5. The van der Waals surface area contributed by atoms with Gasteiger partial charge in [-0.05, 0) is 18.9 Å². The fourth-order valence-corrected chi connectivity index (χ4v) is 2.23. The van der Waals surface area contributed by atoms with Crippen LogP contribution in [0.5, 0.6) is 5.75 Å². The maximum atomic E-state index is 5.13. The number of rotatable bonds is 7. The Bertz CT molecular complexity index is 297. The minimum absolute atomic E-state index is 0.814. The summed E-state index contributed by atoms with van der Waals surface area (Å²) in [4.78, 5) is 1.33. The van der Waals surface area contributed by atoms with Gasteiger partial charge >= 0.3 is 0 Å². The predicted octanol–water partition coefficient (Wildman–Crippen LogP) is 1.60. The molecule has 1 aromatic heterocycles. The van der Waals surface area contributed by atoms with Gasteiger partial charge in [0.2, 0.25) is 0 Å². The van der Waals surface area contributed by atoms with Crippen LogP contribution < -0.4 is 15.4 Å². The van der Waals surface area contributed by atoms with E-state index in [-0.39, 0.29) is 0 Å². The summed E-state index contributed by atoms with van der Waals surface area (Å²) in [6.45, 7) is 3.06. The smallest absolute Gasteiger partial charge is 0.129 e. The molecule has 0 aliphatic heterocycles. The summed E-state index contributed by atoms with van der Waals surface area (Å²) < 4.78 is 5.13. The van der Waals surface area contributed by atoms with Crippen molar-refractivity contribution in [3.05, 3.63) is 16.3 Å². The first kappa shape index (κ1) is 10.9. The molecule has 1 heterocycles. The zero-order valence-electron chi connectivity index (χ0n) is 9.08. The molecule has 3 nitrogen and oxygen atoms in total. The van der Waals surface area contributed by atoms with Gasteiger partial charge in [0.15, 0.2) is 0 Å². The van der Waals surface area contributed by atoms with Crippen molar-refractivity contribution in [2.75, 3.05) is 20.2 Å². The summed E-state index contributed by atoms with van der Waals surface area (Å²) in [5.74, 6) is 0.966. The van der Waals surface area contributed by atoms with Gasteiger partial charge in [0.1, 0.15) is 5.75 Å². The van der Waals surface area contributed by atoms with Gasteiger partial charge in [-0.15, -0.1) is 11.3 Å². The lowest BCUT2D eigenvalue weighted by Gasteiger charge is -2.03. The third-order valence-corrected chi connectivity index (χ3v) is 3.39. The molecule has 0 atom stereocenters. The molecule has 0 unspecified atom stereocenters. The first-order valence-electron chi connectivity index (χ1n) is 5.44. The average Bonchev–Trinajstić information content (AvgIpc) is 2.96. The number of thiophene rings is 1. The van der Waals surface area contributed by atoms with E-state index in [1.54, 1.807) is 18.4 Å². The van der Waals surface area contributed by atoms with Crippen LogP contribution in [0, 0.1) is 0 Å². The van der Waals surface area contributed by atoms with E-state index in [4.69, 9.17) is 4.74 Å². The van der Waals surface area contributed by atoms with Crippen LogP contribution in [-0.2, 0) is 6.54 Å². The Kier molecular flexibility index (Phi) is 4.00. The molecule has 1 aromatic rings. The lowest BCUT2D eigenvalue weighted by Crippen LogP contribution is -2.28. The summed E-state index contributed by atoms with van der Waals surface area (Å²) in [5.41, 5.74) is 0. The molecule has 0 amide bonds. The van der Waals surface area contributed by atoms with Gasteiger partial charge in [0.05, 0.1) is 7.11 Å². The van der Waals surface area contributed by atoms with Crippen molar-refractivity contribution in [1.29, 1.82) is 0 Å². The summed E-state index contributed by atoms with van der Waals surface area (Å²) in [6.07, 6.45) is 2.73. The Balaban J connectivity index is 1.56. The van der Waals surface area contributed by atoms with Gasteiger partial charge in [0, 0.05) is 35.9 Å². The first-order chi connectivity index (χ1) is 7.38. The number of hydrogen-bond acceptors (Lipinski definition) is 4. The molecule has 1 fully saturated rings. The molecule has 84 valence electrons. The zero-order valence-corrected chi connectivity index (χ0v) is 9.90. The number of methoxy groups -OCH3 is 1. The third kappa shape index (κ3) is 3.81. The van der Waals surface area contributed by atoms with Crippen LogP contribution in [0.25, 0.3) is 0 Å². The van der Waals surface area contributed by atoms with Gasteiger partial charge in [-0.3, -0.25) is 0 Å². The second kappa shape index (κ2) is 5.49. The highest BCUT2D eigenvalue weighted by molar-refractivity contribution is 7.10. The zero-order chi connectivity index (χ0) is 10.5. The molecule has 0 aromatic carbocycles. The topological polar surface area (TPSA) is 33.3 Å². The van der Waals surface area contributed by atoms with Gasteiger partial charge < -0.3 is 15.4 Å². The highest BCUT2D eigenvalue weighted by atomic mass is 32.1. The summed E-state index contributed by atoms with van der Waals surface area (Å²) in [6, 6.07) is 2.90. The van der Waals surface area contributed by atoms with E-state index >= 15 is 0 Å². The molecule has 0 bridgehead atoms.